The van der Waals surface area contributed by atoms with Crippen molar-refractivity contribution in [3.05, 3.63) is 52.7 Å². The van der Waals surface area contributed by atoms with Gasteiger partial charge >= 0.3 is 0 Å². The molecule has 2 rings (SSSR count). The van der Waals surface area contributed by atoms with Gasteiger partial charge in [0.1, 0.15) is 5.03 Å². The number of hydrogen-bond donors (Lipinski definition) is 1. The fourth-order valence-electron chi connectivity index (χ4n) is 1.89. The fraction of sp³-hybridized carbons (Fsp3) is 0.312. The van der Waals surface area contributed by atoms with E-state index in [1.54, 1.807) is 18.0 Å². The Bertz CT molecular complexity index is 572. The van der Waals surface area contributed by atoms with Crippen LogP contribution in [0.5, 0.6) is 0 Å². The van der Waals surface area contributed by atoms with Gasteiger partial charge in [-0.05, 0) is 55.3 Å². The second-order valence-corrected chi connectivity index (χ2v) is 6.13. The standard InChI is InChI=1S/C16H19ClN2S/c1-3-8-18-11-13-6-7-14(10-12(13)2)20-16-15(17)5-4-9-19-16/h4-7,9-10,18H,3,8,11H2,1-2H3. The molecule has 1 aromatic heterocycles. The van der Waals surface area contributed by atoms with Gasteiger partial charge in [-0.2, -0.15) is 0 Å². The van der Waals surface area contributed by atoms with Gasteiger partial charge in [0.05, 0.1) is 5.02 Å². The molecule has 1 aromatic carbocycles. The molecule has 1 N–H and O–H groups in total. The summed E-state index contributed by atoms with van der Waals surface area (Å²) in [5, 5.41) is 4.98. The van der Waals surface area contributed by atoms with Crippen molar-refractivity contribution in [1.29, 1.82) is 0 Å². The highest BCUT2D eigenvalue weighted by Crippen LogP contribution is 2.32. The van der Waals surface area contributed by atoms with Crippen LogP contribution in [0, 0.1) is 6.92 Å². The van der Waals surface area contributed by atoms with Gasteiger partial charge in [-0.25, -0.2) is 4.98 Å². The van der Waals surface area contributed by atoms with E-state index in [1.165, 1.54) is 16.0 Å². The molecule has 1 heterocycles. The van der Waals surface area contributed by atoms with E-state index in [4.69, 9.17) is 11.6 Å². The predicted octanol–water partition coefficient (Wildman–Crippen LogP) is 4.69. The molecule has 0 amide bonds. The zero-order valence-electron chi connectivity index (χ0n) is 11.8. The highest BCUT2D eigenvalue weighted by Gasteiger charge is 2.05. The number of nitrogens with one attached hydrogen (secondary N) is 1. The fourth-order valence-corrected chi connectivity index (χ4v) is 3.00. The quantitative estimate of drug-likeness (QED) is 0.783. The predicted molar refractivity (Wildman–Crippen MR) is 86.5 cm³/mol. The summed E-state index contributed by atoms with van der Waals surface area (Å²) in [7, 11) is 0. The zero-order chi connectivity index (χ0) is 14.4. The third kappa shape index (κ3) is 4.23. The van der Waals surface area contributed by atoms with Crippen molar-refractivity contribution in [2.24, 2.45) is 0 Å². The van der Waals surface area contributed by atoms with Crippen LogP contribution in [0.1, 0.15) is 24.5 Å². The Morgan fingerprint density at radius 3 is 2.85 bits per heavy atom. The van der Waals surface area contributed by atoms with Crippen LogP contribution < -0.4 is 5.32 Å². The first-order valence-corrected chi connectivity index (χ1v) is 7.98. The van der Waals surface area contributed by atoms with Gasteiger partial charge in [0, 0.05) is 17.6 Å². The van der Waals surface area contributed by atoms with E-state index in [0.717, 1.165) is 24.5 Å². The Labute approximate surface area is 130 Å². The molecule has 106 valence electrons. The van der Waals surface area contributed by atoms with Gasteiger partial charge in [-0.15, -0.1) is 0 Å². The minimum absolute atomic E-state index is 0.698. The largest absolute Gasteiger partial charge is 0.313 e. The first-order chi connectivity index (χ1) is 9.70. The molecule has 0 spiro atoms. The van der Waals surface area contributed by atoms with Crippen LogP contribution in [0.25, 0.3) is 0 Å². The van der Waals surface area contributed by atoms with Crippen molar-refractivity contribution >= 4 is 23.4 Å². The molecule has 0 aliphatic rings. The molecule has 0 radical (unpaired) electrons. The number of nitrogens with zero attached hydrogens (tertiary/aromatic N) is 1. The Morgan fingerprint density at radius 2 is 2.15 bits per heavy atom. The second-order valence-electron chi connectivity index (χ2n) is 4.66. The van der Waals surface area contributed by atoms with Crippen LogP contribution in [-0.2, 0) is 6.54 Å². The highest BCUT2D eigenvalue weighted by atomic mass is 35.5. The maximum atomic E-state index is 6.14. The van der Waals surface area contributed by atoms with Crippen LogP contribution >= 0.6 is 23.4 Å². The smallest absolute Gasteiger partial charge is 0.119 e. The van der Waals surface area contributed by atoms with E-state index in [1.807, 2.05) is 12.1 Å². The van der Waals surface area contributed by atoms with Crippen LogP contribution in [0.3, 0.4) is 0 Å². The lowest BCUT2D eigenvalue weighted by molar-refractivity contribution is 0.673. The number of rotatable bonds is 6. The Hall–Kier alpha value is -1.03. The molecular weight excluding hydrogens is 288 g/mol. The van der Waals surface area contributed by atoms with E-state index >= 15 is 0 Å². The molecule has 0 fully saturated rings. The minimum Gasteiger partial charge on any atom is -0.313 e. The monoisotopic (exact) mass is 306 g/mol. The van der Waals surface area contributed by atoms with E-state index in [-0.39, 0.29) is 0 Å². The third-order valence-corrected chi connectivity index (χ3v) is 4.42. The van der Waals surface area contributed by atoms with E-state index in [0.29, 0.717) is 5.02 Å². The van der Waals surface area contributed by atoms with Crippen LogP contribution in [0.4, 0.5) is 0 Å². The van der Waals surface area contributed by atoms with Gasteiger partial charge < -0.3 is 5.32 Å². The molecule has 0 saturated heterocycles. The van der Waals surface area contributed by atoms with Crippen LogP contribution in [-0.4, -0.2) is 11.5 Å². The van der Waals surface area contributed by atoms with Crippen molar-refractivity contribution in [1.82, 2.24) is 10.3 Å². The lowest BCUT2D eigenvalue weighted by atomic mass is 10.1. The summed E-state index contributed by atoms with van der Waals surface area (Å²) >= 11 is 7.74. The number of hydrogen-bond acceptors (Lipinski definition) is 3. The maximum Gasteiger partial charge on any atom is 0.119 e. The molecule has 0 saturated carbocycles. The third-order valence-electron chi connectivity index (χ3n) is 3.00. The summed E-state index contributed by atoms with van der Waals surface area (Å²) in [6.07, 6.45) is 2.93. The molecule has 2 aromatic rings. The number of halogens is 1. The normalized spacial score (nSPS) is 10.8. The van der Waals surface area contributed by atoms with E-state index in [2.05, 4.69) is 42.3 Å². The molecule has 20 heavy (non-hydrogen) atoms. The summed E-state index contributed by atoms with van der Waals surface area (Å²) in [6, 6.07) is 10.2. The van der Waals surface area contributed by atoms with Gasteiger partial charge in [-0.1, -0.05) is 36.4 Å². The average Bonchev–Trinajstić information content (AvgIpc) is 2.44. The summed E-state index contributed by atoms with van der Waals surface area (Å²) < 4.78 is 0. The molecular formula is C16H19ClN2S. The first kappa shape index (κ1) is 15.4. The van der Waals surface area contributed by atoms with Crippen molar-refractivity contribution in [3.63, 3.8) is 0 Å². The Balaban J connectivity index is 2.07. The lowest BCUT2D eigenvalue weighted by Crippen LogP contribution is -2.14. The summed E-state index contributed by atoms with van der Waals surface area (Å²) in [5.74, 6) is 0. The molecule has 4 heteroatoms. The van der Waals surface area contributed by atoms with E-state index in [9.17, 15) is 0 Å². The minimum atomic E-state index is 0.698. The van der Waals surface area contributed by atoms with Gasteiger partial charge in [0.25, 0.3) is 0 Å². The number of pyridine rings is 1. The van der Waals surface area contributed by atoms with Crippen molar-refractivity contribution in [2.45, 2.75) is 36.7 Å². The first-order valence-electron chi connectivity index (χ1n) is 6.79. The molecule has 0 aliphatic heterocycles. The highest BCUT2D eigenvalue weighted by molar-refractivity contribution is 7.99. The number of benzene rings is 1. The van der Waals surface area contributed by atoms with Gasteiger partial charge in [0.15, 0.2) is 0 Å². The van der Waals surface area contributed by atoms with Crippen molar-refractivity contribution < 1.29 is 0 Å². The molecule has 0 bridgehead atoms. The number of aryl methyl sites for hydroxylation is 1. The average molecular weight is 307 g/mol. The summed E-state index contributed by atoms with van der Waals surface area (Å²) in [6.45, 7) is 6.30. The van der Waals surface area contributed by atoms with Crippen molar-refractivity contribution in [3.8, 4) is 0 Å². The molecule has 0 atom stereocenters. The lowest BCUT2D eigenvalue weighted by Gasteiger charge is -2.09. The van der Waals surface area contributed by atoms with Gasteiger partial charge in [-0.3, -0.25) is 0 Å². The van der Waals surface area contributed by atoms with E-state index < -0.39 is 0 Å². The van der Waals surface area contributed by atoms with Gasteiger partial charge in [0.2, 0.25) is 0 Å². The molecule has 0 unspecified atom stereocenters. The second kappa shape index (κ2) is 7.67. The maximum absolute atomic E-state index is 6.14. The Morgan fingerprint density at radius 1 is 1.30 bits per heavy atom. The SMILES string of the molecule is CCCNCc1ccc(Sc2ncccc2Cl)cc1C. The summed E-state index contributed by atoms with van der Waals surface area (Å²) in [5.41, 5.74) is 2.64. The topological polar surface area (TPSA) is 24.9 Å². The van der Waals surface area contributed by atoms with Crippen LogP contribution in [0.2, 0.25) is 5.02 Å². The summed E-state index contributed by atoms with van der Waals surface area (Å²) in [4.78, 5) is 5.47. The number of aromatic nitrogens is 1. The molecule has 0 aliphatic carbocycles. The zero-order valence-corrected chi connectivity index (χ0v) is 13.4. The molecule has 2 nitrogen and oxygen atoms in total. The Kier molecular flexibility index (Phi) is 5.89. The van der Waals surface area contributed by atoms with Crippen LogP contribution in [0.15, 0.2) is 46.5 Å². The van der Waals surface area contributed by atoms with Crippen molar-refractivity contribution in [2.75, 3.05) is 6.54 Å².